The Bertz CT molecular complexity index is 1250. The van der Waals surface area contributed by atoms with Crippen LogP contribution in [0.4, 0.5) is 20.2 Å². The summed E-state index contributed by atoms with van der Waals surface area (Å²) in [6, 6.07) is 0.143. The highest BCUT2D eigenvalue weighted by molar-refractivity contribution is 6.31. The molecule has 2 heterocycles. The molecule has 0 bridgehead atoms. The van der Waals surface area contributed by atoms with Crippen molar-refractivity contribution in [1.29, 1.82) is 0 Å². The fraction of sp³-hybridized carbons (Fsp3) is 0.481. The van der Waals surface area contributed by atoms with E-state index in [-0.39, 0.29) is 37.1 Å². The Kier molecular flexibility index (Phi) is 7.45. The first-order chi connectivity index (χ1) is 18.6. The molecule has 4 atom stereocenters. The Hall–Kier alpha value is -2.98. The lowest BCUT2D eigenvalue weighted by Crippen LogP contribution is -2.61. The van der Waals surface area contributed by atoms with E-state index < -0.39 is 44.6 Å². The minimum Gasteiger partial charge on any atom is -0.369 e. The van der Waals surface area contributed by atoms with E-state index in [4.69, 9.17) is 23.2 Å². The molecule has 8 nitrogen and oxygen atoms in total. The second kappa shape index (κ2) is 10.5. The molecule has 0 saturated carbocycles. The number of hydrogen-bond donors (Lipinski definition) is 0. The fourth-order valence-corrected chi connectivity index (χ4v) is 6.76. The third kappa shape index (κ3) is 4.71. The van der Waals surface area contributed by atoms with Gasteiger partial charge in [0.25, 0.3) is 11.1 Å². The van der Waals surface area contributed by atoms with Crippen LogP contribution in [-0.4, -0.2) is 46.1 Å². The van der Waals surface area contributed by atoms with Crippen LogP contribution >= 0.6 is 23.2 Å². The van der Waals surface area contributed by atoms with Crippen molar-refractivity contribution in [1.82, 2.24) is 0 Å². The Labute approximate surface area is 234 Å². The molecular formula is C27H28Cl2F2N4O4. The van der Waals surface area contributed by atoms with Gasteiger partial charge in [0.1, 0.15) is 23.7 Å². The number of benzene rings is 1. The summed E-state index contributed by atoms with van der Waals surface area (Å²) >= 11 is 12.2. The van der Waals surface area contributed by atoms with E-state index in [0.29, 0.717) is 23.2 Å². The zero-order valence-electron chi connectivity index (χ0n) is 21.1. The van der Waals surface area contributed by atoms with E-state index in [2.05, 4.69) is 0 Å². The first-order valence-electron chi connectivity index (χ1n) is 13.0. The molecule has 0 radical (unpaired) electrons. The topological polar surface area (TPSA) is 92.8 Å². The highest BCUT2D eigenvalue weighted by Crippen LogP contribution is 2.48. The van der Waals surface area contributed by atoms with Crippen LogP contribution in [0.25, 0.3) is 0 Å². The number of nitrogens with zero attached hydrogens (tertiary/aromatic N) is 4. The first kappa shape index (κ1) is 27.6. The van der Waals surface area contributed by atoms with Gasteiger partial charge in [-0.3, -0.25) is 20.2 Å². The van der Waals surface area contributed by atoms with Gasteiger partial charge in [-0.2, -0.15) is 0 Å². The van der Waals surface area contributed by atoms with Crippen molar-refractivity contribution in [2.24, 2.45) is 0 Å². The average molecular weight is 581 g/mol. The molecular weight excluding hydrogens is 553 g/mol. The Balaban J connectivity index is 1.65. The predicted molar refractivity (Wildman–Crippen MR) is 147 cm³/mol. The minimum atomic E-state index is -1.74. The van der Waals surface area contributed by atoms with E-state index in [1.165, 1.54) is 41.4 Å². The second-order valence-electron chi connectivity index (χ2n) is 10.6. The van der Waals surface area contributed by atoms with Gasteiger partial charge in [0.05, 0.1) is 11.4 Å². The van der Waals surface area contributed by atoms with Gasteiger partial charge in [-0.25, -0.2) is 8.78 Å². The van der Waals surface area contributed by atoms with Crippen molar-refractivity contribution in [3.8, 4) is 0 Å². The van der Waals surface area contributed by atoms with Crippen LogP contribution in [0.3, 0.4) is 0 Å². The van der Waals surface area contributed by atoms with Crippen LogP contribution < -0.4 is 9.80 Å². The number of nitro groups is 2. The van der Waals surface area contributed by atoms with Crippen LogP contribution in [-0.2, 0) is 0 Å². The largest absolute Gasteiger partial charge is 0.369 e. The summed E-state index contributed by atoms with van der Waals surface area (Å²) < 4.78 is 31.6. The summed E-state index contributed by atoms with van der Waals surface area (Å²) in [5, 5.41) is 25.9. The first-order valence-corrected chi connectivity index (χ1v) is 13.8. The maximum Gasteiger partial charge on any atom is 0.263 e. The van der Waals surface area contributed by atoms with Crippen molar-refractivity contribution in [3.63, 3.8) is 0 Å². The third-order valence-corrected chi connectivity index (χ3v) is 9.08. The van der Waals surface area contributed by atoms with Crippen LogP contribution in [0.5, 0.6) is 0 Å². The van der Waals surface area contributed by atoms with Crippen molar-refractivity contribution in [3.05, 3.63) is 90.5 Å². The normalized spacial score (nSPS) is 30.8. The summed E-state index contributed by atoms with van der Waals surface area (Å²) in [5.41, 5.74) is -3.60. The molecule has 12 heteroatoms. The number of allylic oxidation sites excluding steroid dienone is 4. The molecule has 0 amide bonds. The Morgan fingerprint density at radius 2 is 1.26 bits per heavy atom. The van der Waals surface area contributed by atoms with Gasteiger partial charge < -0.3 is 9.80 Å². The summed E-state index contributed by atoms with van der Waals surface area (Å²) in [6.45, 7) is 1.19. The van der Waals surface area contributed by atoms with Gasteiger partial charge in [-0.05, 0) is 56.4 Å². The van der Waals surface area contributed by atoms with E-state index >= 15 is 8.78 Å². The zero-order valence-corrected chi connectivity index (χ0v) is 22.6. The van der Waals surface area contributed by atoms with E-state index in [1.54, 1.807) is 4.90 Å². The second-order valence-corrected chi connectivity index (χ2v) is 11.4. The fourth-order valence-electron chi connectivity index (χ4n) is 6.48. The molecule has 5 rings (SSSR count). The molecule has 39 heavy (non-hydrogen) atoms. The highest BCUT2D eigenvalue weighted by Gasteiger charge is 2.62. The predicted octanol–water partition coefficient (Wildman–Crippen LogP) is 6.49. The maximum atomic E-state index is 16.0. The molecule has 2 saturated heterocycles. The number of anilines is 2. The molecule has 0 spiro atoms. The Morgan fingerprint density at radius 3 is 1.69 bits per heavy atom. The molecule has 4 aliphatic rings. The quantitative estimate of drug-likeness (QED) is 0.282. The Morgan fingerprint density at radius 1 is 0.795 bits per heavy atom. The summed E-state index contributed by atoms with van der Waals surface area (Å²) in [5.74, 6) is -1.46. The lowest BCUT2D eigenvalue weighted by Gasteiger charge is -2.42. The van der Waals surface area contributed by atoms with Gasteiger partial charge in [-0.15, -0.1) is 0 Å². The van der Waals surface area contributed by atoms with Gasteiger partial charge >= 0.3 is 0 Å². The van der Waals surface area contributed by atoms with Crippen molar-refractivity contribution in [2.45, 2.75) is 68.1 Å². The highest BCUT2D eigenvalue weighted by atomic mass is 35.5. The van der Waals surface area contributed by atoms with E-state index in [0.717, 1.165) is 31.4 Å². The minimum absolute atomic E-state index is 0.0911. The zero-order chi connectivity index (χ0) is 27.9. The maximum absolute atomic E-state index is 16.0. The molecule has 2 fully saturated rings. The van der Waals surface area contributed by atoms with E-state index in [1.807, 2.05) is 0 Å². The molecule has 2 aliphatic heterocycles. The van der Waals surface area contributed by atoms with Crippen LogP contribution in [0.2, 0.25) is 0 Å². The van der Waals surface area contributed by atoms with E-state index in [9.17, 15) is 20.2 Å². The monoisotopic (exact) mass is 580 g/mol. The lowest BCUT2D eigenvalue weighted by molar-refractivity contribution is -0.561. The lowest BCUT2D eigenvalue weighted by atomic mass is 9.82. The molecule has 2 aliphatic carbocycles. The molecule has 1 aromatic rings. The molecule has 208 valence electrons. The smallest absolute Gasteiger partial charge is 0.263 e. The van der Waals surface area contributed by atoms with Crippen LogP contribution in [0.1, 0.15) is 44.9 Å². The molecule has 0 N–H and O–H groups in total. The number of halogens is 4. The summed E-state index contributed by atoms with van der Waals surface area (Å²) in [4.78, 5) is 27.5. The number of hydrogen-bond acceptors (Lipinski definition) is 6. The van der Waals surface area contributed by atoms with Gasteiger partial charge in [-0.1, -0.05) is 35.4 Å². The van der Waals surface area contributed by atoms with Crippen molar-refractivity contribution < 1.29 is 18.6 Å². The summed E-state index contributed by atoms with van der Waals surface area (Å²) in [6.07, 6.45) is 11.5. The SMILES string of the molecule is O=[N+]([O-])C1([C@H]2CC[C@H](C3([N+](=O)[O-])C=CC(Cl)=CC3)N2c2cc(F)c(N3CCCCC3)cc2F)C=CC(Cl)=CC1. The molecule has 0 aromatic heterocycles. The number of rotatable bonds is 6. The van der Waals surface area contributed by atoms with Gasteiger partial charge in [0.15, 0.2) is 0 Å². The molecule has 1 aromatic carbocycles. The van der Waals surface area contributed by atoms with Gasteiger partial charge in [0.2, 0.25) is 0 Å². The summed E-state index contributed by atoms with van der Waals surface area (Å²) in [7, 11) is 0. The van der Waals surface area contributed by atoms with Crippen LogP contribution in [0, 0.1) is 31.9 Å². The van der Waals surface area contributed by atoms with Crippen LogP contribution in [0.15, 0.2) is 58.7 Å². The van der Waals surface area contributed by atoms with Crippen molar-refractivity contribution >= 4 is 34.6 Å². The average Bonchev–Trinajstić information content (AvgIpc) is 3.37. The number of piperidine rings is 1. The van der Waals surface area contributed by atoms with Gasteiger partial charge in [0, 0.05) is 58.0 Å². The standard InChI is InChI=1S/C27H28Cl2F2N4O4/c28-18-6-10-26(11-7-18,34(36)37)24-4-5-25(27(35(38)39)12-8-19(29)9-13-27)33(24)23-17-20(30)22(16-21(23)31)32-14-2-1-3-15-32/h6-10,12,16-17,24-25H,1-5,11,13-15H2/t24-,25-,26?,27?/m1/s1. The molecule has 2 unspecified atom stereocenters. The van der Waals surface area contributed by atoms with Crippen molar-refractivity contribution in [2.75, 3.05) is 22.9 Å². The third-order valence-electron chi connectivity index (χ3n) is 8.52.